The molecule has 1 heterocycles. The Morgan fingerprint density at radius 1 is 1.25 bits per heavy atom. The first-order valence-electron chi connectivity index (χ1n) is 8.26. The number of amides is 2. The fourth-order valence-electron chi connectivity index (χ4n) is 2.39. The molecule has 0 bridgehead atoms. The summed E-state index contributed by atoms with van der Waals surface area (Å²) in [6.45, 7) is 8.90. The van der Waals surface area contributed by atoms with Crippen LogP contribution in [-0.4, -0.2) is 20.9 Å². The van der Waals surface area contributed by atoms with Crippen molar-refractivity contribution in [1.29, 1.82) is 0 Å². The van der Waals surface area contributed by atoms with Crippen LogP contribution < -0.4 is 10.6 Å². The third-order valence-electron chi connectivity index (χ3n) is 3.80. The van der Waals surface area contributed by atoms with Crippen molar-refractivity contribution in [2.75, 3.05) is 5.32 Å². The highest BCUT2D eigenvalue weighted by molar-refractivity contribution is 5.88. The molecule has 0 fully saturated rings. The number of anilines is 1. The summed E-state index contributed by atoms with van der Waals surface area (Å²) >= 11 is 0. The summed E-state index contributed by atoms with van der Waals surface area (Å²) in [6.07, 6.45) is 1.00. The average molecular weight is 330 g/mol. The van der Waals surface area contributed by atoms with Crippen molar-refractivity contribution in [3.63, 3.8) is 0 Å². The number of hydrogen-bond donors (Lipinski definition) is 3. The predicted octanol–water partition coefficient (Wildman–Crippen LogP) is 3.83. The SMILES string of the molecule is Cc1cc(NC(=O)N[C@@H](C)c2ccc(O)cc2)n(CCC(C)C)n1. The summed E-state index contributed by atoms with van der Waals surface area (Å²) in [4.78, 5) is 12.3. The minimum Gasteiger partial charge on any atom is -0.508 e. The van der Waals surface area contributed by atoms with Gasteiger partial charge in [-0.15, -0.1) is 0 Å². The van der Waals surface area contributed by atoms with E-state index in [1.54, 1.807) is 24.3 Å². The van der Waals surface area contributed by atoms with Crippen LogP contribution in [0.15, 0.2) is 30.3 Å². The lowest BCUT2D eigenvalue weighted by Crippen LogP contribution is -2.32. The van der Waals surface area contributed by atoms with Crippen LogP contribution in [0, 0.1) is 12.8 Å². The maximum absolute atomic E-state index is 12.3. The Morgan fingerprint density at radius 2 is 1.92 bits per heavy atom. The van der Waals surface area contributed by atoms with Gasteiger partial charge < -0.3 is 10.4 Å². The van der Waals surface area contributed by atoms with Crippen molar-refractivity contribution in [1.82, 2.24) is 15.1 Å². The van der Waals surface area contributed by atoms with Crippen molar-refractivity contribution in [2.45, 2.75) is 46.7 Å². The Morgan fingerprint density at radius 3 is 2.54 bits per heavy atom. The van der Waals surface area contributed by atoms with Gasteiger partial charge in [-0.3, -0.25) is 5.32 Å². The highest BCUT2D eigenvalue weighted by Gasteiger charge is 2.13. The number of phenols is 1. The molecule has 1 aromatic carbocycles. The van der Waals surface area contributed by atoms with Gasteiger partial charge in [0.2, 0.25) is 0 Å². The number of nitrogens with one attached hydrogen (secondary N) is 2. The minimum atomic E-state index is -0.277. The highest BCUT2D eigenvalue weighted by atomic mass is 16.3. The number of nitrogens with zero attached hydrogens (tertiary/aromatic N) is 2. The molecule has 6 nitrogen and oxygen atoms in total. The molecule has 0 aliphatic rings. The van der Waals surface area contributed by atoms with Crippen molar-refractivity contribution < 1.29 is 9.90 Å². The molecular formula is C18H26N4O2. The van der Waals surface area contributed by atoms with E-state index >= 15 is 0 Å². The monoisotopic (exact) mass is 330 g/mol. The first-order valence-corrected chi connectivity index (χ1v) is 8.26. The highest BCUT2D eigenvalue weighted by Crippen LogP contribution is 2.17. The molecule has 0 aliphatic heterocycles. The van der Waals surface area contributed by atoms with Gasteiger partial charge in [-0.2, -0.15) is 5.10 Å². The number of urea groups is 1. The number of benzene rings is 1. The Hall–Kier alpha value is -2.50. The standard InChI is InChI=1S/C18H26N4O2/c1-12(2)9-10-22-17(11-13(3)21-22)20-18(24)19-14(4)15-5-7-16(23)8-6-15/h5-8,11-12,14,23H,9-10H2,1-4H3,(H2,19,20,24)/t14-/m0/s1. The van der Waals surface area contributed by atoms with E-state index < -0.39 is 0 Å². The average Bonchev–Trinajstić information content (AvgIpc) is 2.85. The summed E-state index contributed by atoms with van der Waals surface area (Å²) in [6, 6.07) is 8.21. The van der Waals surface area contributed by atoms with Gasteiger partial charge in [0.05, 0.1) is 11.7 Å². The fraction of sp³-hybridized carbons (Fsp3) is 0.444. The van der Waals surface area contributed by atoms with Crippen LogP contribution in [0.3, 0.4) is 0 Å². The number of carbonyl (C=O) groups excluding carboxylic acids is 1. The van der Waals surface area contributed by atoms with E-state index in [-0.39, 0.29) is 17.8 Å². The lowest BCUT2D eigenvalue weighted by atomic mass is 10.1. The second-order valence-electron chi connectivity index (χ2n) is 6.49. The lowest BCUT2D eigenvalue weighted by molar-refractivity contribution is 0.249. The molecule has 0 saturated heterocycles. The number of aromatic hydroxyl groups is 1. The molecule has 24 heavy (non-hydrogen) atoms. The number of aromatic nitrogens is 2. The van der Waals surface area contributed by atoms with Gasteiger partial charge in [0.15, 0.2) is 0 Å². The number of aryl methyl sites for hydroxylation is 2. The van der Waals surface area contributed by atoms with E-state index in [1.165, 1.54) is 0 Å². The number of rotatable bonds is 6. The number of hydrogen-bond acceptors (Lipinski definition) is 3. The molecule has 0 saturated carbocycles. The minimum absolute atomic E-state index is 0.168. The van der Waals surface area contributed by atoms with E-state index in [0.29, 0.717) is 11.7 Å². The van der Waals surface area contributed by atoms with Crippen LogP contribution in [0.1, 0.15) is 44.5 Å². The zero-order valence-corrected chi connectivity index (χ0v) is 14.7. The van der Waals surface area contributed by atoms with Crippen molar-refractivity contribution in [3.05, 3.63) is 41.6 Å². The van der Waals surface area contributed by atoms with E-state index in [1.807, 2.05) is 24.6 Å². The van der Waals surface area contributed by atoms with Gasteiger partial charge in [-0.1, -0.05) is 26.0 Å². The quantitative estimate of drug-likeness (QED) is 0.753. The largest absolute Gasteiger partial charge is 0.508 e. The van der Waals surface area contributed by atoms with Crippen LogP contribution in [0.25, 0.3) is 0 Å². The van der Waals surface area contributed by atoms with Crippen LogP contribution >= 0.6 is 0 Å². The third-order valence-corrected chi connectivity index (χ3v) is 3.80. The van der Waals surface area contributed by atoms with E-state index in [2.05, 4.69) is 29.6 Å². The summed E-state index contributed by atoms with van der Waals surface area (Å²) in [5.74, 6) is 1.48. The summed E-state index contributed by atoms with van der Waals surface area (Å²) in [5.41, 5.74) is 1.80. The normalized spacial score (nSPS) is 12.2. The molecule has 3 N–H and O–H groups in total. The first kappa shape index (κ1) is 17.8. The Labute approximate surface area is 142 Å². The van der Waals surface area contributed by atoms with Crippen LogP contribution in [-0.2, 0) is 6.54 Å². The van der Waals surface area contributed by atoms with Gasteiger partial charge in [0.25, 0.3) is 0 Å². The van der Waals surface area contributed by atoms with E-state index in [9.17, 15) is 9.90 Å². The Bertz CT molecular complexity index is 677. The van der Waals surface area contributed by atoms with E-state index in [0.717, 1.165) is 24.2 Å². The smallest absolute Gasteiger partial charge is 0.320 e. The molecule has 1 atom stereocenters. The molecule has 0 spiro atoms. The summed E-state index contributed by atoms with van der Waals surface area (Å²) < 4.78 is 1.83. The predicted molar refractivity (Wildman–Crippen MR) is 95.1 cm³/mol. The second-order valence-corrected chi connectivity index (χ2v) is 6.49. The van der Waals surface area contributed by atoms with Crippen LogP contribution in [0.2, 0.25) is 0 Å². The van der Waals surface area contributed by atoms with Crippen molar-refractivity contribution in [3.8, 4) is 5.75 Å². The molecule has 2 rings (SSSR count). The zero-order chi connectivity index (χ0) is 17.7. The molecule has 0 aliphatic carbocycles. The molecule has 0 unspecified atom stereocenters. The molecule has 0 radical (unpaired) electrons. The van der Waals surface area contributed by atoms with Crippen molar-refractivity contribution >= 4 is 11.8 Å². The topological polar surface area (TPSA) is 79.2 Å². The van der Waals surface area contributed by atoms with Gasteiger partial charge in [-0.25, -0.2) is 9.48 Å². The Balaban J connectivity index is 1.97. The number of phenolic OH excluding ortho intramolecular Hbond substituents is 1. The zero-order valence-electron chi connectivity index (χ0n) is 14.7. The summed E-state index contributed by atoms with van der Waals surface area (Å²) in [7, 11) is 0. The van der Waals surface area contributed by atoms with E-state index in [4.69, 9.17) is 0 Å². The second kappa shape index (κ2) is 7.86. The first-order chi connectivity index (χ1) is 11.3. The van der Waals surface area contributed by atoms with Gasteiger partial charge in [-0.05, 0) is 43.9 Å². The maximum Gasteiger partial charge on any atom is 0.320 e. The molecule has 2 amide bonds. The summed E-state index contributed by atoms with van der Waals surface area (Å²) in [5, 5.41) is 19.5. The molecule has 6 heteroatoms. The fourth-order valence-corrected chi connectivity index (χ4v) is 2.39. The molecular weight excluding hydrogens is 304 g/mol. The lowest BCUT2D eigenvalue weighted by Gasteiger charge is -2.16. The van der Waals surface area contributed by atoms with Gasteiger partial charge >= 0.3 is 6.03 Å². The molecule has 130 valence electrons. The van der Waals surface area contributed by atoms with Crippen LogP contribution in [0.4, 0.5) is 10.6 Å². The molecule has 2 aromatic rings. The Kier molecular flexibility index (Phi) is 5.84. The number of carbonyl (C=O) groups is 1. The maximum atomic E-state index is 12.3. The van der Waals surface area contributed by atoms with Gasteiger partial charge in [0.1, 0.15) is 11.6 Å². The molecule has 1 aromatic heterocycles. The third kappa shape index (κ3) is 5.01. The van der Waals surface area contributed by atoms with Crippen LogP contribution in [0.5, 0.6) is 5.75 Å². The van der Waals surface area contributed by atoms with Crippen molar-refractivity contribution in [2.24, 2.45) is 5.92 Å². The van der Waals surface area contributed by atoms with Gasteiger partial charge in [0, 0.05) is 12.6 Å².